The van der Waals surface area contributed by atoms with E-state index >= 15 is 0 Å². The van der Waals surface area contributed by atoms with Crippen LogP contribution in [0.25, 0.3) is 0 Å². The minimum Gasteiger partial charge on any atom is -0.370 e. The molecule has 0 spiro atoms. The molecule has 92 valence electrons. The first kappa shape index (κ1) is 13.0. The molecule has 2 amide bonds. The lowest BCUT2D eigenvalue weighted by molar-refractivity contribution is -0.132. The molecule has 0 aromatic rings. The number of nitrogens with one attached hydrogen (secondary N) is 1. The van der Waals surface area contributed by atoms with Crippen LogP contribution in [0.3, 0.4) is 0 Å². The van der Waals surface area contributed by atoms with Gasteiger partial charge in [-0.1, -0.05) is 19.3 Å². The molecular formula is C11H21N3O2. The highest BCUT2D eigenvalue weighted by atomic mass is 16.2. The number of nitrogens with two attached hydrogens (primary N) is 2. The van der Waals surface area contributed by atoms with Crippen LogP contribution in [0.2, 0.25) is 0 Å². The highest BCUT2D eigenvalue weighted by Gasteiger charge is 2.37. The Balaban J connectivity index is 2.45. The fourth-order valence-corrected chi connectivity index (χ4v) is 2.24. The van der Waals surface area contributed by atoms with Gasteiger partial charge >= 0.3 is 0 Å². The van der Waals surface area contributed by atoms with Crippen molar-refractivity contribution in [2.24, 2.45) is 16.9 Å². The van der Waals surface area contributed by atoms with Crippen molar-refractivity contribution in [3.63, 3.8) is 0 Å². The van der Waals surface area contributed by atoms with E-state index in [4.69, 9.17) is 11.5 Å². The normalized spacial score (nSPS) is 19.1. The first-order valence-electron chi connectivity index (χ1n) is 5.87. The summed E-state index contributed by atoms with van der Waals surface area (Å²) in [5.74, 6) is -0.415. The molecule has 0 aromatic heterocycles. The molecule has 5 nitrogen and oxygen atoms in total. The zero-order valence-electron chi connectivity index (χ0n) is 9.63. The maximum absolute atomic E-state index is 12.0. The first-order chi connectivity index (χ1) is 7.60. The summed E-state index contributed by atoms with van der Waals surface area (Å²) in [6.45, 7) is 0.700. The van der Waals surface area contributed by atoms with Gasteiger partial charge in [-0.2, -0.15) is 0 Å². The summed E-state index contributed by atoms with van der Waals surface area (Å²) in [6, 6.07) is 0. The molecule has 1 rings (SSSR count). The molecule has 1 aliphatic rings. The lowest BCUT2D eigenvalue weighted by Gasteiger charge is -2.34. The van der Waals surface area contributed by atoms with E-state index in [0.717, 1.165) is 25.7 Å². The Hall–Kier alpha value is -1.10. The number of rotatable bonds is 5. The molecule has 1 fully saturated rings. The number of carbonyl (C=O) groups excluding carboxylic acids is 2. The van der Waals surface area contributed by atoms with E-state index in [1.54, 1.807) is 0 Å². The standard InChI is InChI=1S/C11H21N3O2/c12-8-11(5-2-1-3-6-11)10(16)14-7-4-9(13)15/h1-8,12H2,(H2,13,15)(H,14,16). The van der Waals surface area contributed by atoms with Crippen LogP contribution in [0, 0.1) is 5.41 Å². The van der Waals surface area contributed by atoms with Crippen LogP contribution in [-0.2, 0) is 9.59 Å². The van der Waals surface area contributed by atoms with Crippen LogP contribution >= 0.6 is 0 Å². The van der Waals surface area contributed by atoms with Crippen molar-refractivity contribution in [2.75, 3.05) is 13.1 Å². The van der Waals surface area contributed by atoms with Gasteiger partial charge in [0.05, 0.1) is 5.41 Å². The van der Waals surface area contributed by atoms with Gasteiger partial charge in [0, 0.05) is 19.5 Å². The predicted molar refractivity (Wildman–Crippen MR) is 61.4 cm³/mol. The summed E-state index contributed by atoms with van der Waals surface area (Å²) in [6.07, 6.45) is 5.18. The fourth-order valence-electron chi connectivity index (χ4n) is 2.24. The van der Waals surface area contributed by atoms with Gasteiger partial charge in [-0.3, -0.25) is 9.59 Å². The molecule has 0 aromatic carbocycles. The third kappa shape index (κ3) is 3.20. The van der Waals surface area contributed by atoms with Crippen LogP contribution in [0.15, 0.2) is 0 Å². The van der Waals surface area contributed by atoms with Crippen molar-refractivity contribution < 1.29 is 9.59 Å². The number of primary amides is 1. The topological polar surface area (TPSA) is 98.2 Å². The highest BCUT2D eigenvalue weighted by Crippen LogP contribution is 2.35. The molecule has 0 aliphatic heterocycles. The van der Waals surface area contributed by atoms with Crippen LogP contribution in [0.5, 0.6) is 0 Å². The molecule has 1 saturated carbocycles. The fraction of sp³-hybridized carbons (Fsp3) is 0.818. The number of carbonyl (C=O) groups is 2. The van der Waals surface area contributed by atoms with E-state index in [2.05, 4.69) is 5.32 Å². The molecule has 5 N–H and O–H groups in total. The lowest BCUT2D eigenvalue weighted by Crippen LogP contribution is -2.47. The largest absolute Gasteiger partial charge is 0.370 e. The monoisotopic (exact) mass is 227 g/mol. The molecule has 0 unspecified atom stereocenters. The van der Waals surface area contributed by atoms with E-state index < -0.39 is 11.3 Å². The summed E-state index contributed by atoms with van der Waals surface area (Å²) in [7, 11) is 0. The van der Waals surface area contributed by atoms with E-state index in [1.165, 1.54) is 6.42 Å². The maximum atomic E-state index is 12.0. The molecule has 0 radical (unpaired) electrons. The van der Waals surface area contributed by atoms with Gasteiger partial charge in [0.1, 0.15) is 0 Å². The van der Waals surface area contributed by atoms with Crippen LogP contribution in [-0.4, -0.2) is 24.9 Å². The molecule has 0 atom stereocenters. The average Bonchev–Trinajstić information content (AvgIpc) is 2.29. The predicted octanol–water partition coefficient (Wildman–Crippen LogP) is -0.113. The zero-order chi connectivity index (χ0) is 12.0. The third-order valence-corrected chi connectivity index (χ3v) is 3.34. The molecule has 0 heterocycles. The molecule has 5 heteroatoms. The van der Waals surface area contributed by atoms with Crippen LogP contribution in [0.4, 0.5) is 0 Å². The smallest absolute Gasteiger partial charge is 0.227 e. The Bertz CT molecular complexity index is 260. The van der Waals surface area contributed by atoms with E-state index in [-0.39, 0.29) is 12.3 Å². The Labute approximate surface area is 95.9 Å². The lowest BCUT2D eigenvalue weighted by atomic mass is 9.73. The Morgan fingerprint density at radius 3 is 2.31 bits per heavy atom. The Morgan fingerprint density at radius 2 is 1.81 bits per heavy atom. The van der Waals surface area contributed by atoms with Gasteiger partial charge < -0.3 is 16.8 Å². The summed E-state index contributed by atoms with van der Waals surface area (Å²) in [4.78, 5) is 22.5. The number of hydrogen-bond donors (Lipinski definition) is 3. The van der Waals surface area contributed by atoms with Gasteiger partial charge in [0.25, 0.3) is 0 Å². The van der Waals surface area contributed by atoms with Gasteiger partial charge in [-0.25, -0.2) is 0 Å². The highest BCUT2D eigenvalue weighted by molar-refractivity contribution is 5.83. The van der Waals surface area contributed by atoms with Crippen LogP contribution < -0.4 is 16.8 Å². The van der Waals surface area contributed by atoms with E-state index in [9.17, 15) is 9.59 Å². The van der Waals surface area contributed by atoms with Crippen molar-refractivity contribution in [3.05, 3.63) is 0 Å². The van der Waals surface area contributed by atoms with E-state index in [0.29, 0.717) is 13.1 Å². The molecular weight excluding hydrogens is 206 g/mol. The molecule has 1 aliphatic carbocycles. The second kappa shape index (κ2) is 5.84. The summed E-state index contributed by atoms with van der Waals surface area (Å²) in [5.41, 5.74) is 10.3. The number of amides is 2. The van der Waals surface area contributed by atoms with Crippen molar-refractivity contribution in [1.82, 2.24) is 5.32 Å². The van der Waals surface area contributed by atoms with Gasteiger partial charge in [0.2, 0.25) is 11.8 Å². The maximum Gasteiger partial charge on any atom is 0.227 e. The average molecular weight is 227 g/mol. The summed E-state index contributed by atoms with van der Waals surface area (Å²) in [5, 5.41) is 2.76. The number of hydrogen-bond acceptors (Lipinski definition) is 3. The van der Waals surface area contributed by atoms with Crippen LogP contribution in [0.1, 0.15) is 38.5 Å². The SMILES string of the molecule is NCC1(C(=O)NCCC(N)=O)CCCCC1. The Kier molecular flexibility index (Phi) is 4.73. The van der Waals surface area contributed by atoms with Gasteiger partial charge in [0.15, 0.2) is 0 Å². The van der Waals surface area contributed by atoms with Gasteiger partial charge in [-0.05, 0) is 12.8 Å². The summed E-state index contributed by atoms with van der Waals surface area (Å²) >= 11 is 0. The summed E-state index contributed by atoms with van der Waals surface area (Å²) < 4.78 is 0. The van der Waals surface area contributed by atoms with Crippen molar-refractivity contribution in [1.29, 1.82) is 0 Å². The van der Waals surface area contributed by atoms with Crippen molar-refractivity contribution >= 4 is 11.8 Å². The zero-order valence-corrected chi connectivity index (χ0v) is 9.63. The Morgan fingerprint density at radius 1 is 1.19 bits per heavy atom. The minimum absolute atomic E-state index is 0.0176. The third-order valence-electron chi connectivity index (χ3n) is 3.34. The van der Waals surface area contributed by atoms with E-state index in [1.807, 2.05) is 0 Å². The van der Waals surface area contributed by atoms with Gasteiger partial charge in [-0.15, -0.1) is 0 Å². The second-order valence-corrected chi connectivity index (χ2v) is 4.52. The van der Waals surface area contributed by atoms with Crippen molar-refractivity contribution in [3.8, 4) is 0 Å². The first-order valence-corrected chi connectivity index (χ1v) is 5.87. The molecule has 0 saturated heterocycles. The quantitative estimate of drug-likeness (QED) is 0.611. The minimum atomic E-state index is -0.407. The molecule has 16 heavy (non-hydrogen) atoms. The van der Waals surface area contributed by atoms with Crippen molar-refractivity contribution in [2.45, 2.75) is 38.5 Å². The molecule has 0 bridgehead atoms. The second-order valence-electron chi connectivity index (χ2n) is 4.52.